The van der Waals surface area contributed by atoms with E-state index in [-0.39, 0.29) is 0 Å². The van der Waals surface area contributed by atoms with Gasteiger partial charge in [0.25, 0.3) is 0 Å². The zero-order valence-corrected chi connectivity index (χ0v) is 16.4. The number of hydrogen-bond acceptors (Lipinski definition) is 2. The zero-order chi connectivity index (χ0) is 19.2. The van der Waals surface area contributed by atoms with Crippen molar-refractivity contribution in [3.05, 3.63) is 78.5 Å². The molecule has 2 aromatic heterocycles. The Morgan fingerprint density at radius 1 is 0.724 bits per heavy atom. The summed E-state index contributed by atoms with van der Waals surface area (Å²) in [6.45, 7) is 0. The molecule has 5 aromatic rings. The molecule has 2 heterocycles. The maximum atomic E-state index is 6.50. The zero-order valence-electron chi connectivity index (χ0n) is 16.4. The fourth-order valence-corrected chi connectivity index (χ4v) is 5.01. The number of furan rings is 1. The maximum absolute atomic E-state index is 6.50. The molecule has 0 aliphatic heterocycles. The molecule has 0 atom stereocenters. The quantitative estimate of drug-likeness (QED) is 0.313. The van der Waals surface area contributed by atoms with E-state index in [1.165, 1.54) is 48.4 Å². The van der Waals surface area contributed by atoms with Crippen LogP contribution in [0.3, 0.4) is 0 Å². The van der Waals surface area contributed by atoms with Crippen LogP contribution in [0.1, 0.15) is 43.6 Å². The molecule has 1 fully saturated rings. The van der Waals surface area contributed by atoms with Gasteiger partial charge in [-0.2, -0.15) is 0 Å². The van der Waals surface area contributed by atoms with Gasteiger partial charge in [-0.3, -0.25) is 4.98 Å². The second-order valence-corrected chi connectivity index (χ2v) is 8.26. The van der Waals surface area contributed by atoms with Crippen molar-refractivity contribution in [2.45, 2.75) is 38.0 Å². The van der Waals surface area contributed by atoms with Crippen molar-refractivity contribution >= 4 is 32.7 Å². The normalized spacial score (nSPS) is 15.4. The van der Waals surface area contributed by atoms with Crippen LogP contribution in [0.25, 0.3) is 44.0 Å². The van der Waals surface area contributed by atoms with Crippen molar-refractivity contribution in [3.8, 4) is 11.3 Å². The highest BCUT2D eigenvalue weighted by Gasteiger charge is 2.18. The first kappa shape index (κ1) is 16.8. The van der Waals surface area contributed by atoms with Crippen LogP contribution in [0.4, 0.5) is 0 Å². The molecule has 2 nitrogen and oxygen atoms in total. The number of pyridine rings is 1. The van der Waals surface area contributed by atoms with E-state index < -0.39 is 0 Å². The molecule has 0 saturated heterocycles. The van der Waals surface area contributed by atoms with Crippen LogP contribution in [-0.4, -0.2) is 4.98 Å². The van der Waals surface area contributed by atoms with Crippen LogP contribution in [-0.2, 0) is 0 Å². The third-order valence-corrected chi connectivity index (χ3v) is 6.53. The second kappa shape index (κ2) is 6.73. The Bertz CT molecular complexity index is 1340. The summed E-state index contributed by atoms with van der Waals surface area (Å²) in [6, 6.07) is 23.7. The van der Waals surface area contributed by atoms with Gasteiger partial charge in [-0.1, -0.05) is 61.7 Å². The lowest BCUT2D eigenvalue weighted by Gasteiger charge is -2.22. The van der Waals surface area contributed by atoms with Crippen molar-refractivity contribution < 1.29 is 4.42 Å². The number of aromatic nitrogens is 1. The molecule has 29 heavy (non-hydrogen) atoms. The number of rotatable bonds is 2. The van der Waals surface area contributed by atoms with Crippen molar-refractivity contribution in [2.75, 3.05) is 0 Å². The monoisotopic (exact) mass is 377 g/mol. The van der Waals surface area contributed by atoms with Gasteiger partial charge in [-0.25, -0.2) is 0 Å². The van der Waals surface area contributed by atoms with Gasteiger partial charge in [0, 0.05) is 27.9 Å². The maximum Gasteiger partial charge on any atom is 0.144 e. The van der Waals surface area contributed by atoms with Gasteiger partial charge in [0.15, 0.2) is 0 Å². The summed E-state index contributed by atoms with van der Waals surface area (Å²) in [5, 5.41) is 4.70. The van der Waals surface area contributed by atoms with E-state index >= 15 is 0 Å². The first-order valence-electron chi connectivity index (χ1n) is 10.7. The molecule has 3 aromatic carbocycles. The number of hydrogen-bond donors (Lipinski definition) is 0. The topological polar surface area (TPSA) is 26.0 Å². The molecule has 0 N–H and O–H groups in total. The predicted octanol–water partition coefficient (Wildman–Crippen LogP) is 7.85. The smallest absolute Gasteiger partial charge is 0.144 e. The summed E-state index contributed by atoms with van der Waals surface area (Å²) in [4.78, 5) is 4.73. The molecule has 0 unspecified atom stereocenters. The average Bonchev–Trinajstić information content (AvgIpc) is 3.19. The van der Waals surface area contributed by atoms with E-state index in [4.69, 9.17) is 9.40 Å². The summed E-state index contributed by atoms with van der Waals surface area (Å²) in [5.74, 6) is 0.671. The van der Waals surface area contributed by atoms with Crippen LogP contribution in [0, 0.1) is 0 Å². The summed E-state index contributed by atoms with van der Waals surface area (Å²) in [6.07, 6.45) is 8.62. The first-order chi connectivity index (χ1) is 14.4. The molecule has 1 saturated carbocycles. The third kappa shape index (κ3) is 2.74. The van der Waals surface area contributed by atoms with Gasteiger partial charge in [0.2, 0.25) is 0 Å². The minimum Gasteiger partial charge on any atom is -0.455 e. The van der Waals surface area contributed by atoms with Gasteiger partial charge < -0.3 is 4.42 Å². The van der Waals surface area contributed by atoms with Gasteiger partial charge in [-0.05, 0) is 54.0 Å². The van der Waals surface area contributed by atoms with Crippen LogP contribution in [0.5, 0.6) is 0 Å². The van der Waals surface area contributed by atoms with Gasteiger partial charge in [0.1, 0.15) is 11.2 Å². The highest BCUT2D eigenvalue weighted by atomic mass is 16.3. The molecule has 142 valence electrons. The van der Waals surface area contributed by atoms with E-state index in [1.54, 1.807) is 0 Å². The molecule has 0 radical (unpaired) electrons. The summed E-state index contributed by atoms with van der Waals surface area (Å²) in [7, 11) is 0. The Balaban J connectivity index is 1.56. The third-order valence-electron chi connectivity index (χ3n) is 6.53. The molecule has 1 aliphatic rings. The standard InChI is InChI=1S/C27H23NO/c1-2-7-18(8-3-1)20-15-16-28-25(17-20)24-12-6-11-22-23-14-13-19-9-4-5-10-21(19)26(23)29-27(22)24/h4-6,9-18H,1-3,7-8H2. The molecule has 2 heteroatoms. The second-order valence-electron chi connectivity index (χ2n) is 8.26. The Kier molecular flexibility index (Phi) is 3.90. The summed E-state index contributed by atoms with van der Waals surface area (Å²) in [5.41, 5.74) is 5.43. The number of fused-ring (bicyclic) bond motifs is 5. The lowest BCUT2D eigenvalue weighted by Crippen LogP contribution is -2.04. The fourth-order valence-electron chi connectivity index (χ4n) is 5.01. The van der Waals surface area contributed by atoms with Crippen LogP contribution < -0.4 is 0 Å². The highest BCUT2D eigenvalue weighted by Crippen LogP contribution is 2.39. The van der Waals surface area contributed by atoms with E-state index in [1.807, 2.05) is 6.20 Å². The average molecular weight is 377 g/mol. The predicted molar refractivity (Wildman–Crippen MR) is 120 cm³/mol. The Hall–Kier alpha value is -3.13. The van der Waals surface area contributed by atoms with E-state index in [0.717, 1.165) is 33.2 Å². The van der Waals surface area contributed by atoms with Crippen molar-refractivity contribution in [2.24, 2.45) is 0 Å². The summed E-state index contributed by atoms with van der Waals surface area (Å²) >= 11 is 0. The SMILES string of the molecule is c1ccc2c(c1)ccc1c3cccc(-c4cc(C5CCCCC5)ccn4)c3oc21. The number of benzene rings is 3. The number of para-hydroxylation sites is 1. The van der Waals surface area contributed by atoms with Crippen molar-refractivity contribution in [1.29, 1.82) is 0 Å². The highest BCUT2D eigenvalue weighted by molar-refractivity contribution is 6.17. The molecule has 0 bridgehead atoms. The Morgan fingerprint density at radius 2 is 1.55 bits per heavy atom. The Labute approximate surface area is 170 Å². The van der Waals surface area contributed by atoms with Gasteiger partial charge >= 0.3 is 0 Å². The van der Waals surface area contributed by atoms with E-state index in [2.05, 4.69) is 66.7 Å². The van der Waals surface area contributed by atoms with Crippen LogP contribution in [0.2, 0.25) is 0 Å². The lowest BCUT2D eigenvalue weighted by molar-refractivity contribution is 0.443. The summed E-state index contributed by atoms with van der Waals surface area (Å²) < 4.78 is 6.50. The minimum absolute atomic E-state index is 0.671. The largest absolute Gasteiger partial charge is 0.455 e. The number of nitrogens with zero attached hydrogens (tertiary/aromatic N) is 1. The molecule has 0 amide bonds. The molecule has 6 rings (SSSR count). The minimum atomic E-state index is 0.671. The molecular weight excluding hydrogens is 354 g/mol. The molecular formula is C27H23NO. The van der Waals surface area contributed by atoms with Crippen molar-refractivity contribution in [1.82, 2.24) is 4.98 Å². The first-order valence-corrected chi connectivity index (χ1v) is 10.7. The molecule has 0 spiro atoms. The fraction of sp³-hybridized carbons (Fsp3) is 0.222. The van der Waals surface area contributed by atoms with Gasteiger partial charge in [0.05, 0.1) is 5.69 Å². The molecule has 1 aliphatic carbocycles. The van der Waals surface area contributed by atoms with E-state index in [0.29, 0.717) is 5.92 Å². The Morgan fingerprint density at radius 3 is 2.48 bits per heavy atom. The van der Waals surface area contributed by atoms with Crippen molar-refractivity contribution in [3.63, 3.8) is 0 Å². The van der Waals surface area contributed by atoms with Crippen LogP contribution >= 0.6 is 0 Å². The van der Waals surface area contributed by atoms with Gasteiger partial charge in [-0.15, -0.1) is 0 Å². The lowest BCUT2D eigenvalue weighted by atomic mass is 9.84. The van der Waals surface area contributed by atoms with Crippen LogP contribution in [0.15, 0.2) is 77.3 Å². The van der Waals surface area contributed by atoms with E-state index in [9.17, 15) is 0 Å².